The molecule has 128 valence electrons. The van der Waals surface area contributed by atoms with Gasteiger partial charge < -0.3 is 10.1 Å². The van der Waals surface area contributed by atoms with Gasteiger partial charge in [0, 0.05) is 0 Å². The molecule has 1 N–H and O–H groups in total. The van der Waals surface area contributed by atoms with Crippen molar-refractivity contribution in [2.24, 2.45) is 0 Å². The Kier molecular flexibility index (Phi) is 5.72. The Labute approximate surface area is 142 Å². The van der Waals surface area contributed by atoms with Crippen LogP contribution in [0, 0.1) is 0 Å². The number of nitrogens with one attached hydrogen (secondary N) is 1. The van der Waals surface area contributed by atoms with Gasteiger partial charge in [-0.05, 0) is 30.2 Å². The zero-order chi connectivity index (χ0) is 17.7. The number of carbonyl (C=O) groups excluding carboxylic acids is 1. The minimum Gasteiger partial charge on any atom is -0.479 e. The smallest absolute Gasteiger partial charge is 0.405 e. The summed E-state index contributed by atoms with van der Waals surface area (Å²) in [5.41, 5.74) is 1.82. The summed E-state index contributed by atoms with van der Waals surface area (Å²) in [4.78, 5) is 11.6. The molecule has 3 nitrogen and oxygen atoms in total. The van der Waals surface area contributed by atoms with Gasteiger partial charge in [0.1, 0.15) is 12.3 Å². The first-order chi connectivity index (χ1) is 11.3. The molecular weight excluding hydrogens is 343 g/mol. The molecule has 1 amide bonds. The van der Waals surface area contributed by atoms with Crippen molar-refractivity contribution in [3.63, 3.8) is 0 Å². The van der Waals surface area contributed by atoms with Crippen LogP contribution in [0.2, 0.25) is 5.02 Å². The van der Waals surface area contributed by atoms with E-state index in [-0.39, 0.29) is 10.8 Å². The summed E-state index contributed by atoms with van der Waals surface area (Å²) < 4.78 is 41.6. The number of alkyl halides is 3. The Morgan fingerprint density at radius 1 is 1.17 bits per heavy atom. The van der Waals surface area contributed by atoms with Gasteiger partial charge in [-0.3, -0.25) is 4.79 Å². The Morgan fingerprint density at radius 2 is 1.83 bits per heavy atom. The van der Waals surface area contributed by atoms with Crippen LogP contribution in [-0.4, -0.2) is 24.7 Å². The molecule has 0 aromatic heterocycles. The molecule has 0 spiro atoms. The molecule has 2 rings (SSSR count). The fraction of sp³-hybridized carbons (Fsp3) is 0.235. The molecule has 0 radical (unpaired) electrons. The summed E-state index contributed by atoms with van der Waals surface area (Å²) >= 11 is 6.14. The first-order valence-electron chi connectivity index (χ1n) is 7.12. The van der Waals surface area contributed by atoms with Gasteiger partial charge in [-0.1, -0.05) is 48.0 Å². The van der Waals surface area contributed by atoms with Gasteiger partial charge in [0.25, 0.3) is 5.91 Å². The molecule has 0 fully saturated rings. The summed E-state index contributed by atoms with van der Waals surface area (Å²) in [5, 5.41) is 2.04. The molecular formula is C17H15ClF3NO2. The van der Waals surface area contributed by atoms with Crippen LogP contribution in [0.15, 0.2) is 48.5 Å². The molecule has 2 aromatic rings. The maximum atomic E-state index is 12.1. The number of carbonyl (C=O) groups is 1. The van der Waals surface area contributed by atoms with Crippen LogP contribution in [0.5, 0.6) is 5.75 Å². The highest BCUT2D eigenvalue weighted by molar-refractivity contribution is 6.32. The molecule has 1 unspecified atom stereocenters. The first-order valence-corrected chi connectivity index (χ1v) is 7.50. The van der Waals surface area contributed by atoms with Crippen LogP contribution >= 0.6 is 11.6 Å². The summed E-state index contributed by atoms with van der Waals surface area (Å²) in [6.45, 7) is -0.0483. The van der Waals surface area contributed by atoms with E-state index < -0.39 is 24.7 Å². The zero-order valence-corrected chi connectivity index (χ0v) is 13.5. The van der Waals surface area contributed by atoms with Crippen molar-refractivity contribution in [1.82, 2.24) is 5.32 Å². The lowest BCUT2D eigenvalue weighted by atomic mass is 10.1. The van der Waals surface area contributed by atoms with Gasteiger partial charge in [0.2, 0.25) is 0 Å². The minimum atomic E-state index is -4.47. The van der Waals surface area contributed by atoms with E-state index in [1.807, 2.05) is 30.3 Å². The van der Waals surface area contributed by atoms with E-state index in [0.717, 1.165) is 11.1 Å². The average molecular weight is 358 g/mol. The van der Waals surface area contributed by atoms with Crippen molar-refractivity contribution in [2.45, 2.75) is 19.2 Å². The quantitative estimate of drug-likeness (QED) is 0.858. The highest BCUT2D eigenvalue weighted by Crippen LogP contribution is 2.31. The van der Waals surface area contributed by atoms with Gasteiger partial charge in [-0.15, -0.1) is 0 Å². The van der Waals surface area contributed by atoms with Gasteiger partial charge in [-0.2, -0.15) is 13.2 Å². The molecule has 7 heteroatoms. The lowest BCUT2D eigenvalue weighted by molar-refractivity contribution is -0.142. The maximum Gasteiger partial charge on any atom is 0.405 e. The monoisotopic (exact) mass is 357 g/mol. The topological polar surface area (TPSA) is 38.3 Å². The van der Waals surface area contributed by atoms with Crippen molar-refractivity contribution in [1.29, 1.82) is 0 Å². The molecule has 0 aliphatic rings. The number of hydrogen-bond donors (Lipinski definition) is 1. The van der Waals surface area contributed by atoms with E-state index in [2.05, 4.69) is 0 Å². The highest BCUT2D eigenvalue weighted by Gasteiger charge is 2.29. The number of ether oxygens (including phenoxy) is 1. The van der Waals surface area contributed by atoms with E-state index in [4.69, 9.17) is 16.3 Å². The molecule has 0 saturated carbocycles. The third-order valence-electron chi connectivity index (χ3n) is 3.18. The van der Waals surface area contributed by atoms with Gasteiger partial charge in [0.15, 0.2) is 6.10 Å². The van der Waals surface area contributed by atoms with Crippen LogP contribution in [0.3, 0.4) is 0 Å². The lowest BCUT2D eigenvalue weighted by Crippen LogP contribution is -2.41. The number of halogens is 4. The molecule has 0 bridgehead atoms. The van der Waals surface area contributed by atoms with Gasteiger partial charge in [0.05, 0.1) is 5.02 Å². The predicted molar refractivity (Wildman–Crippen MR) is 86.0 cm³/mol. The Bertz CT molecular complexity index is 705. The van der Waals surface area contributed by atoms with Crippen molar-refractivity contribution in [2.75, 3.05) is 6.54 Å². The lowest BCUT2D eigenvalue weighted by Gasteiger charge is -2.17. The SMILES string of the molecule is CC(Oc1ccc(-c2ccccc2)cc1Cl)C(=O)NCC(F)(F)F. The van der Waals surface area contributed by atoms with Crippen LogP contribution in [0.1, 0.15) is 6.92 Å². The number of hydrogen-bond acceptors (Lipinski definition) is 2. The van der Waals surface area contributed by atoms with Crippen LogP contribution in [-0.2, 0) is 4.79 Å². The summed E-state index contributed by atoms with van der Waals surface area (Å²) in [6.07, 6.45) is -5.57. The molecule has 0 aliphatic carbocycles. The van der Waals surface area contributed by atoms with E-state index in [1.165, 1.54) is 6.92 Å². The molecule has 2 aromatic carbocycles. The number of rotatable bonds is 5. The third kappa shape index (κ3) is 5.16. The van der Waals surface area contributed by atoms with E-state index >= 15 is 0 Å². The van der Waals surface area contributed by atoms with Crippen LogP contribution in [0.25, 0.3) is 11.1 Å². The Hall–Kier alpha value is -2.21. The Balaban J connectivity index is 2.04. The third-order valence-corrected chi connectivity index (χ3v) is 3.47. The van der Waals surface area contributed by atoms with Crippen molar-refractivity contribution in [3.05, 3.63) is 53.6 Å². The molecule has 24 heavy (non-hydrogen) atoms. The van der Waals surface area contributed by atoms with E-state index in [0.29, 0.717) is 0 Å². The number of benzene rings is 2. The van der Waals surface area contributed by atoms with E-state index in [1.54, 1.807) is 23.5 Å². The normalized spacial score (nSPS) is 12.5. The van der Waals surface area contributed by atoms with Crippen LogP contribution in [0.4, 0.5) is 13.2 Å². The summed E-state index contributed by atoms with van der Waals surface area (Å²) in [7, 11) is 0. The average Bonchev–Trinajstić information content (AvgIpc) is 2.54. The van der Waals surface area contributed by atoms with Crippen molar-refractivity contribution >= 4 is 17.5 Å². The van der Waals surface area contributed by atoms with Crippen molar-refractivity contribution < 1.29 is 22.7 Å². The highest BCUT2D eigenvalue weighted by atomic mass is 35.5. The fourth-order valence-corrected chi connectivity index (χ4v) is 2.21. The zero-order valence-electron chi connectivity index (χ0n) is 12.7. The predicted octanol–water partition coefficient (Wildman–Crippen LogP) is 4.45. The summed E-state index contributed by atoms with van der Waals surface area (Å²) in [6, 6.07) is 14.5. The molecule has 0 heterocycles. The second-order valence-corrected chi connectivity index (χ2v) is 5.51. The second-order valence-electron chi connectivity index (χ2n) is 5.10. The molecule has 0 aliphatic heterocycles. The molecule has 1 atom stereocenters. The van der Waals surface area contributed by atoms with Gasteiger partial charge in [-0.25, -0.2) is 0 Å². The fourth-order valence-electron chi connectivity index (χ4n) is 1.98. The second kappa shape index (κ2) is 7.57. The number of amides is 1. The molecule has 0 saturated heterocycles. The van der Waals surface area contributed by atoms with Gasteiger partial charge >= 0.3 is 6.18 Å². The largest absolute Gasteiger partial charge is 0.479 e. The first kappa shape index (κ1) is 18.1. The van der Waals surface area contributed by atoms with E-state index in [9.17, 15) is 18.0 Å². The Morgan fingerprint density at radius 3 is 2.42 bits per heavy atom. The maximum absolute atomic E-state index is 12.1. The standard InChI is InChI=1S/C17H15ClF3NO2/c1-11(16(23)22-10-17(19,20)21)24-15-8-7-13(9-14(15)18)12-5-3-2-4-6-12/h2-9,11H,10H2,1H3,(H,22,23). The van der Waals surface area contributed by atoms with Crippen LogP contribution < -0.4 is 10.1 Å². The minimum absolute atomic E-state index is 0.228. The summed E-state index contributed by atoms with van der Waals surface area (Å²) in [5.74, 6) is -0.637. The van der Waals surface area contributed by atoms with Crippen molar-refractivity contribution in [3.8, 4) is 16.9 Å².